The Bertz CT molecular complexity index is 2480. The zero-order chi connectivity index (χ0) is 34.4. The first-order chi connectivity index (χ1) is 25.2. The van der Waals surface area contributed by atoms with Crippen molar-refractivity contribution in [2.45, 2.75) is 31.6 Å². The molecule has 0 aliphatic heterocycles. The number of rotatable bonds is 6. The van der Waals surface area contributed by atoms with E-state index in [1.54, 1.807) is 0 Å². The molecular formula is C48H37N3. The van der Waals surface area contributed by atoms with Gasteiger partial charge in [0, 0.05) is 17.0 Å². The lowest BCUT2D eigenvalue weighted by Gasteiger charge is -2.41. The van der Waals surface area contributed by atoms with Gasteiger partial charge in [-0.25, -0.2) is 15.0 Å². The number of nitrogens with zero attached hydrogens (tertiary/aromatic N) is 3. The summed E-state index contributed by atoms with van der Waals surface area (Å²) in [5.74, 6) is 2.09. The fraction of sp³-hybridized carbons (Fsp3) is 0.104. The molecule has 0 amide bonds. The van der Waals surface area contributed by atoms with Gasteiger partial charge in [-0.1, -0.05) is 177 Å². The van der Waals surface area contributed by atoms with Crippen LogP contribution in [-0.2, 0) is 5.41 Å². The number of benzene rings is 5. The Labute approximate surface area is 299 Å². The summed E-state index contributed by atoms with van der Waals surface area (Å²) < 4.78 is 0. The van der Waals surface area contributed by atoms with Gasteiger partial charge in [0.15, 0.2) is 11.6 Å². The van der Waals surface area contributed by atoms with Crippen LogP contribution in [0.25, 0.3) is 50.6 Å². The summed E-state index contributed by atoms with van der Waals surface area (Å²) >= 11 is 0. The zero-order valence-corrected chi connectivity index (χ0v) is 28.8. The van der Waals surface area contributed by atoms with E-state index in [1.807, 2.05) is 37.3 Å². The van der Waals surface area contributed by atoms with E-state index < -0.39 is 5.41 Å². The van der Waals surface area contributed by atoms with Gasteiger partial charge in [0.25, 0.3) is 0 Å². The van der Waals surface area contributed by atoms with Crippen molar-refractivity contribution in [1.82, 2.24) is 15.0 Å². The first-order valence-corrected chi connectivity index (χ1v) is 17.8. The van der Waals surface area contributed by atoms with Crippen LogP contribution in [0.3, 0.4) is 0 Å². The second-order valence-corrected chi connectivity index (χ2v) is 13.5. The van der Waals surface area contributed by atoms with Crippen LogP contribution in [0.1, 0.15) is 54.3 Å². The fourth-order valence-electron chi connectivity index (χ4n) is 8.33. The number of hydrogen-bond acceptors (Lipinski definition) is 3. The molecule has 2 bridgehead atoms. The van der Waals surface area contributed by atoms with Gasteiger partial charge >= 0.3 is 0 Å². The van der Waals surface area contributed by atoms with E-state index in [2.05, 4.69) is 147 Å². The van der Waals surface area contributed by atoms with E-state index in [9.17, 15) is 0 Å². The predicted octanol–water partition coefficient (Wildman–Crippen LogP) is 11.7. The molecule has 9 rings (SSSR count). The Hall–Kier alpha value is -6.19. The average molecular weight is 656 g/mol. The summed E-state index contributed by atoms with van der Waals surface area (Å²) in [7, 11) is 0. The second kappa shape index (κ2) is 12.6. The summed E-state index contributed by atoms with van der Waals surface area (Å²) in [6.45, 7) is 4.16. The molecule has 5 aromatic carbocycles. The zero-order valence-electron chi connectivity index (χ0n) is 28.8. The summed E-state index contributed by atoms with van der Waals surface area (Å²) in [6, 6.07) is 43.7. The maximum absolute atomic E-state index is 5.18. The molecule has 0 saturated heterocycles. The summed E-state index contributed by atoms with van der Waals surface area (Å²) in [4.78, 5) is 15.3. The van der Waals surface area contributed by atoms with Gasteiger partial charge in [0.2, 0.25) is 0 Å². The molecule has 0 saturated carbocycles. The van der Waals surface area contributed by atoms with E-state index in [1.165, 1.54) is 50.1 Å². The molecule has 2 atom stereocenters. The van der Waals surface area contributed by atoms with Crippen molar-refractivity contribution in [1.29, 1.82) is 0 Å². The minimum atomic E-state index is -0.394. The monoisotopic (exact) mass is 655 g/mol. The van der Waals surface area contributed by atoms with Crippen molar-refractivity contribution < 1.29 is 0 Å². The van der Waals surface area contributed by atoms with Gasteiger partial charge in [-0.15, -0.1) is 0 Å². The molecule has 1 heterocycles. The molecule has 0 N–H and O–H groups in total. The number of aromatic nitrogens is 3. The number of allylic oxidation sites excluding steroid dienone is 10. The van der Waals surface area contributed by atoms with Gasteiger partial charge in [-0.3, -0.25) is 0 Å². The highest BCUT2D eigenvalue weighted by molar-refractivity contribution is 6.00. The lowest BCUT2D eigenvalue weighted by Crippen LogP contribution is -2.33. The smallest absolute Gasteiger partial charge is 0.164 e. The highest BCUT2D eigenvalue weighted by Gasteiger charge is 2.51. The van der Waals surface area contributed by atoms with Crippen LogP contribution in [0.2, 0.25) is 0 Å². The predicted molar refractivity (Wildman–Crippen MR) is 210 cm³/mol. The topological polar surface area (TPSA) is 38.7 Å². The van der Waals surface area contributed by atoms with E-state index in [0.717, 1.165) is 28.9 Å². The first kappa shape index (κ1) is 30.8. The largest absolute Gasteiger partial charge is 0.212 e. The third-order valence-corrected chi connectivity index (χ3v) is 10.6. The van der Waals surface area contributed by atoms with Crippen molar-refractivity contribution in [2.24, 2.45) is 0 Å². The van der Waals surface area contributed by atoms with Crippen LogP contribution in [0.5, 0.6) is 0 Å². The third kappa shape index (κ3) is 4.92. The Morgan fingerprint density at radius 2 is 1.20 bits per heavy atom. The summed E-state index contributed by atoms with van der Waals surface area (Å²) in [6.07, 6.45) is 18.2. The average Bonchev–Trinajstić information content (AvgIpc) is 3.31. The normalized spacial score (nSPS) is 17.5. The Morgan fingerprint density at radius 1 is 0.569 bits per heavy atom. The first-order valence-electron chi connectivity index (χ1n) is 17.8. The van der Waals surface area contributed by atoms with Crippen molar-refractivity contribution in [3.05, 3.63) is 204 Å². The molecular weight excluding hydrogens is 619 g/mol. The van der Waals surface area contributed by atoms with E-state index >= 15 is 0 Å². The molecule has 0 fully saturated rings. The summed E-state index contributed by atoms with van der Waals surface area (Å²) in [5.41, 5.74) is 14.5. The maximum Gasteiger partial charge on any atom is 0.164 e. The molecule has 1 aromatic heterocycles. The Kier molecular flexibility index (Phi) is 7.62. The van der Waals surface area contributed by atoms with Crippen LogP contribution in [-0.4, -0.2) is 15.0 Å². The highest BCUT2D eigenvalue weighted by atomic mass is 15.0. The van der Waals surface area contributed by atoms with Crippen molar-refractivity contribution in [3.63, 3.8) is 0 Å². The Morgan fingerprint density at radius 3 is 2.00 bits per heavy atom. The molecule has 3 heteroatoms. The number of fused-ring (bicyclic) bond motifs is 11. The van der Waals surface area contributed by atoms with Gasteiger partial charge in [0.1, 0.15) is 5.82 Å². The van der Waals surface area contributed by atoms with Crippen LogP contribution in [0, 0.1) is 0 Å². The van der Waals surface area contributed by atoms with Crippen LogP contribution in [0.15, 0.2) is 176 Å². The van der Waals surface area contributed by atoms with Gasteiger partial charge < -0.3 is 0 Å². The van der Waals surface area contributed by atoms with Crippen molar-refractivity contribution in [3.8, 4) is 45.0 Å². The van der Waals surface area contributed by atoms with Gasteiger partial charge in [-0.05, 0) is 69.0 Å². The summed E-state index contributed by atoms with van der Waals surface area (Å²) in [5, 5.41) is 0. The molecule has 2 unspecified atom stereocenters. The highest BCUT2D eigenvalue weighted by Crippen LogP contribution is 2.63. The third-order valence-electron chi connectivity index (χ3n) is 10.6. The minimum Gasteiger partial charge on any atom is -0.212 e. The van der Waals surface area contributed by atoms with Crippen LogP contribution in [0.4, 0.5) is 0 Å². The van der Waals surface area contributed by atoms with Crippen LogP contribution < -0.4 is 0 Å². The molecule has 3 nitrogen and oxygen atoms in total. The lowest BCUT2D eigenvalue weighted by atomic mass is 9.60. The molecule has 51 heavy (non-hydrogen) atoms. The van der Waals surface area contributed by atoms with E-state index in [-0.39, 0.29) is 5.92 Å². The quantitative estimate of drug-likeness (QED) is 0.168. The van der Waals surface area contributed by atoms with Crippen molar-refractivity contribution in [2.75, 3.05) is 0 Å². The molecule has 3 aliphatic carbocycles. The molecule has 1 spiro atoms. The maximum atomic E-state index is 5.18. The van der Waals surface area contributed by atoms with E-state index in [0.29, 0.717) is 11.6 Å². The van der Waals surface area contributed by atoms with Crippen LogP contribution >= 0.6 is 0 Å². The second-order valence-electron chi connectivity index (χ2n) is 13.5. The van der Waals surface area contributed by atoms with Crippen molar-refractivity contribution >= 4 is 5.57 Å². The minimum absolute atomic E-state index is 0.00232. The standard InChI is InChI=1S/C48H37N3/c1-3-4-6-18-32(2)45-49-46(33-19-7-5-8-20-33)51-47(50-45)39-25-12-11-24-37(39)38-27-17-30-43-44(38)40-26-14-16-29-42(40)48(43)35-22-10-9-21-34(31-35)36-23-13-15-28-41(36)48/h3-30,32H,31H2,1-2H3/b4-3-,18-6-. The van der Waals surface area contributed by atoms with Gasteiger partial charge in [0.05, 0.1) is 5.41 Å². The Balaban J connectivity index is 1.29. The molecule has 3 aliphatic rings. The van der Waals surface area contributed by atoms with E-state index in [4.69, 9.17) is 15.0 Å². The molecule has 0 radical (unpaired) electrons. The lowest BCUT2D eigenvalue weighted by molar-refractivity contribution is 0.711. The molecule has 6 aromatic rings. The SMILES string of the molecule is C/C=C\C=C/C(C)c1nc(-c2ccccc2)nc(-c2ccccc2-c2cccc3c2-c2ccccc2C32C3=CC=CC=C(C3)c3ccccc32)n1. The fourth-order valence-corrected chi connectivity index (χ4v) is 8.33. The number of hydrogen-bond donors (Lipinski definition) is 0. The van der Waals surface area contributed by atoms with Gasteiger partial charge in [-0.2, -0.15) is 0 Å². The molecule has 244 valence electrons.